The number of hydrogen-bond donors (Lipinski definition) is 1. The number of nitrogens with one attached hydrogen (secondary N) is 1. The Labute approximate surface area is 157 Å². The predicted octanol–water partition coefficient (Wildman–Crippen LogP) is 2.63. The molecule has 0 aromatic heterocycles. The molecule has 0 bridgehead atoms. The van der Waals surface area contributed by atoms with Gasteiger partial charge in [0.2, 0.25) is 11.8 Å². The zero-order valence-corrected chi connectivity index (χ0v) is 16.6. The highest BCUT2D eigenvalue weighted by Crippen LogP contribution is 2.24. The molecule has 0 saturated carbocycles. The first-order valence-electron chi connectivity index (χ1n) is 9.67. The number of carbonyl (C=O) groups excluding carboxylic acids is 2. The second kappa shape index (κ2) is 9.17. The van der Waals surface area contributed by atoms with Crippen LogP contribution in [-0.4, -0.2) is 59.9 Å². The van der Waals surface area contributed by atoms with Crippen molar-refractivity contribution >= 4 is 11.8 Å². The molecule has 1 atom stereocenters. The monoisotopic (exact) mass is 359 g/mol. The average Bonchev–Trinajstić information content (AvgIpc) is 2.59. The molecule has 5 nitrogen and oxygen atoms in total. The molecule has 0 unspecified atom stereocenters. The molecule has 2 amide bonds. The fraction of sp³-hybridized carbons (Fsp3) is 0.619. The van der Waals surface area contributed by atoms with Crippen LogP contribution in [0.2, 0.25) is 0 Å². The summed E-state index contributed by atoms with van der Waals surface area (Å²) in [5, 5.41) is 3.00. The minimum atomic E-state index is -0.210. The highest BCUT2D eigenvalue weighted by molar-refractivity contribution is 5.84. The second-order valence-electron chi connectivity index (χ2n) is 8.15. The van der Waals surface area contributed by atoms with Crippen molar-refractivity contribution in [3.8, 4) is 0 Å². The summed E-state index contributed by atoms with van der Waals surface area (Å²) in [5.41, 5.74) is 0.893. The van der Waals surface area contributed by atoms with E-state index in [1.165, 1.54) is 0 Å². The molecule has 1 heterocycles. The van der Waals surface area contributed by atoms with Crippen molar-refractivity contribution in [1.82, 2.24) is 15.1 Å². The van der Waals surface area contributed by atoms with E-state index in [0.717, 1.165) is 31.5 Å². The van der Waals surface area contributed by atoms with Crippen LogP contribution in [-0.2, 0) is 9.59 Å². The minimum Gasteiger partial charge on any atom is -0.350 e. The van der Waals surface area contributed by atoms with Gasteiger partial charge in [0.1, 0.15) is 0 Å². The Morgan fingerprint density at radius 3 is 2.23 bits per heavy atom. The van der Waals surface area contributed by atoms with E-state index in [4.69, 9.17) is 0 Å². The van der Waals surface area contributed by atoms with Gasteiger partial charge < -0.3 is 10.2 Å². The fourth-order valence-corrected chi connectivity index (χ4v) is 3.41. The van der Waals surface area contributed by atoms with Gasteiger partial charge in [-0.15, -0.1) is 0 Å². The van der Waals surface area contributed by atoms with E-state index in [-0.39, 0.29) is 23.3 Å². The van der Waals surface area contributed by atoms with Gasteiger partial charge in [-0.1, -0.05) is 43.7 Å². The zero-order valence-electron chi connectivity index (χ0n) is 16.6. The van der Waals surface area contributed by atoms with Crippen LogP contribution in [0.4, 0.5) is 0 Å². The van der Waals surface area contributed by atoms with Crippen molar-refractivity contribution in [2.24, 2.45) is 0 Å². The highest BCUT2D eigenvalue weighted by Gasteiger charge is 2.28. The topological polar surface area (TPSA) is 52.7 Å². The quantitative estimate of drug-likeness (QED) is 0.849. The Morgan fingerprint density at radius 1 is 1.08 bits per heavy atom. The third-order valence-electron chi connectivity index (χ3n) is 4.64. The van der Waals surface area contributed by atoms with Gasteiger partial charge in [0.15, 0.2) is 0 Å². The Kier molecular flexibility index (Phi) is 7.21. The first kappa shape index (κ1) is 20.4. The number of hydrogen-bond acceptors (Lipinski definition) is 3. The standard InChI is InChI=1S/C21H33N3O2/c1-5-9-18(17-10-7-6-8-11-17)20(26)24-14-12-23(13-15-24)16-19(25)22-21(2,3)4/h6-8,10-11,18H,5,9,12-16H2,1-4H3,(H,22,25)/t18-/m1/s1. The third kappa shape index (κ3) is 6.13. The first-order chi connectivity index (χ1) is 12.3. The lowest BCUT2D eigenvalue weighted by molar-refractivity contribution is -0.135. The Balaban J connectivity index is 1.89. The summed E-state index contributed by atoms with van der Waals surface area (Å²) in [4.78, 5) is 29.2. The Hall–Kier alpha value is -1.88. The van der Waals surface area contributed by atoms with Crippen LogP contribution in [0.15, 0.2) is 30.3 Å². The SMILES string of the molecule is CCC[C@@H](C(=O)N1CCN(CC(=O)NC(C)(C)C)CC1)c1ccccc1. The van der Waals surface area contributed by atoms with Crippen LogP contribution < -0.4 is 5.32 Å². The van der Waals surface area contributed by atoms with E-state index >= 15 is 0 Å². The minimum absolute atomic E-state index is 0.0467. The molecule has 144 valence electrons. The van der Waals surface area contributed by atoms with Crippen molar-refractivity contribution in [1.29, 1.82) is 0 Å². The molecule has 1 aromatic rings. The van der Waals surface area contributed by atoms with Crippen LogP contribution in [0.3, 0.4) is 0 Å². The lowest BCUT2D eigenvalue weighted by Crippen LogP contribution is -2.53. The number of nitrogens with zero attached hydrogens (tertiary/aromatic N) is 2. The van der Waals surface area contributed by atoms with Crippen LogP contribution in [0, 0.1) is 0 Å². The molecule has 5 heteroatoms. The first-order valence-corrected chi connectivity index (χ1v) is 9.67. The van der Waals surface area contributed by atoms with Gasteiger partial charge >= 0.3 is 0 Å². The van der Waals surface area contributed by atoms with Crippen molar-refractivity contribution in [3.63, 3.8) is 0 Å². The van der Waals surface area contributed by atoms with Crippen molar-refractivity contribution in [2.45, 2.75) is 52.0 Å². The third-order valence-corrected chi connectivity index (χ3v) is 4.64. The molecule has 1 aliphatic heterocycles. The number of piperazine rings is 1. The van der Waals surface area contributed by atoms with Gasteiger partial charge in [-0.3, -0.25) is 14.5 Å². The van der Waals surface area contributed by atoms with E-state index in [1.54, 1.807) is 0 Å². The zero-order chi connectivity index (χ0) is 19.2. The van der Waals surface area contributed by atoms with Crippen LogP contribution >= 0.6 is 0 Å². The summed E-state index contributed by atoms with van der Waals surface area (Å²) in [7, 11) is 0. The maximum absolute atomic E-state index is 13.0. The molecule has 1 saturated heterocycles. The summed E-state index contributed by atoms with van der Waals surface area (Å²) < 4.78 is 0. The number of rotatable bonds is 6. The van der Waals surface area contributed by atoms with Crippen molar-refractivity contribution < 1.29 is 9.59 Å². The highest BCUT2D eigenvalue weighted by atomic mass is 16.2. The lowest BCUT2D eigenvalue weighted by atomic mass is 9.93. The van der Waals surface area contributed by atoms with E-state index in [1.807, 2.05) is 56.0 Å². The molecule has 2 rings (SSSR count). The molecule has 1 N–H and O–H groups in total. The Bertz CT molecular complexity index is 587. The largest absolute Gasteiger partial charge is 0.350 e. The number of amides is 2. The number of carbonyl (C=O) groups is 2. The summed E-state index contributed by atoms with van der Waals surface area (Å²) in [6.45, 7) is 11.3. The van der Waals surface area contributed by atoms with Gasteiger partial charge in [0.05, 0.1) is 12.5 Å². The summed E-state index contributed by atoms with van der Waals surface area (Å²) in [6.07, 6.45) is 1.86. The van der Waals surface area contributed by atoms with E-state index < -0.39 is 0 Å². The van der Waals surface area contributed by atoms with Gasteiger partial charge in [-0.2, -0.15) is 0 Å². The van der Waals surface area contributed by atoms with E-state index in [9.17, 15) is 9.59 Å². The molecular weight excluding hydrogens is 326 g/mol. The Morgan fingerprint density at radius 2 is 1.69 bits per heavy atom. The normalized spacial score (nSPS) is 17.0. The summed E-state index contributed by atoms with van der Waals surface area (Å²) in [6, 6.07) is 10.1. The van der Waals surface area contributed by atoms with Gasteiger partial charge in [-0.25, -0.2) is 0 Å². The van der Waals surface area contributed by atoms with Crippen LogP contribution in [0.1, 0.15) is 52.0 Å². The van der Waals surface area contributed by atoms with Crippen molar-refractivity contribution in [2.75, 3.05) is 32.7 Å². The van der Waals surface area contributed by atoms with Crippen molar-refractivity contribution in [3.05, 3.63) is 35.9 Å². The smallest absolute Gasteiger partial charge is 0.234 e. The molecule has 1 fully saturated rings. The fourth-order valence-electron chi connectivity index (χ4n) is 3.41. The molecular formula is C21H33N3O2. The maximum atomic E-state index is 13.0. The average molecular weight is 360 g/mol. The molecule has 0 spiro atoms. The van der Waals surface area contributed by atoms with Gasteiger partial charge in [0, 0.05) is 31.7 Å². The van der Waals surface area contributed by atoms with Crippen LogP contribution in [0.25, 0.3) is 0 Å². The summed E-state index contributed by atoms with van der Waals surface area (Å²) >= 11 is 0. The predicted molar refractivity (Wildman–Crippen MR) is 105 cm³/mol. The number of benzene rings is 1. The maximum Gasteiger partial charge on any atom is 0.234 e. The molecule has 0 aliphatic carbocycles. The molecule has 1 aliphatic rings. The summed E-state index contributed by atoms with van der Waals surface area (Å²) in [5.74, 6) is 0.208. The molecule has 0 radical (unpaired) electrons. The van der Waals surface area contributed by atoms with Crippen LogP contribution in [0.5, 0.6) is 0 Å². The second-order valence-corrected chi connectivity index (χ2v) is 8.15. The molecule has 1 aromatic carbocycles. The van der Waals surface area contributed by atoms with Gasteiger partial charge in [0.25, 0.3) is 0 Å². The van der Waals surface area contributed by atoms with E-state index in [2.05, 4.69) is 17.1 Å². The van der Waals surface area contributed by atoms with E-state index in [0.29, 0.717) is 19.6 Å². The molecule has 26 heavy (non-hydrogen) atoms. The lowest BCUT2D eigenvalue weighted by Gasteiger charge is -2.36. The van der Waals surface area contributed by atoms with Gasteiger partial charge in [-0.05, 0) is 32.8 Å².